The minimum absolute atomic E-state index is 0.252. The van der Waals surface area contributed by atoms with Crippen molar-refractivity contribution in [3.05, 3.63) is 47.3 Å². The summed E-state index contributed by atoms with van der Waals surface area (Å²) in [6, 6.07) is 9.80. The second-order valence-corrected chi connectivity index (χ2v) is 5.95. The van der Waals surface area contributed by atoms with Crippen molar-refractivity contribution in [2.24, 2.45) is 4.99 Å². The first kappa shape index (κ1) is 18.8. The summed E-state index contributed by atoms with van der Waals surface area (Å²) in [6.45, 7) is 10.8. The molecule has 2 aromatic rings. The molecule has 1 aromatic heterocycles. The van der Waals surface area contributed by atoms with E-state index >= 15 is 0 Å². The first-order valence-electron chi connectivity index (χ1n) is 8.74. The monoisotopic (exact) mass is 344 g/mol. The van der Waals surface area contributed by atoms with E-state index in [1.54, 1.807) is 0 Å². The molecule has 25 heavy (non-hydrogen) atoms. The van der Waals surface area contributed by atoms with Crippen LogP contribution < -0.4 is 15.4 Å². The summed E-state index contributed by atoms with van der Waals surface area (Å²) >= 11 is 0. The van der Waals surface area contributed by atoms with Gasteiger partial charge in [-0.2, -0.15) is 0 Å². The van der Waals surface area contributed by atoms with E-state index in [0.717, 1.165) is 35.3 Å². The lowest BCUT2D eigenvalue weighted by Gasteiger charge is -2.14. The minimum atomic E-state index is 0.252. The molecule has 0 amide bonds. The Balaban J connectivity index is 1.83. The lowest BCUT2D eigenvalue weighted by atomic mass is 10.00. The number of rotatable bonds is 8. The third-order valence-electron chi connectivity index (χ3n) is 3.86. The molecule has 6 nitrogen and oxygen atoms in total. The Morgan fingerprint density at radius 1 is 1.24 bits per heavy atom. The average molecular weight is 344 g/mol. The second kappa shape index (κ2) is 9.71. The van der Waals surface area contributed by atoms with E-state index in [1.165, 1.54) is 0 Å². The standard InChI is InChI=1S/C19H28N4O2/c1-5-20-19(21-11-12-24-17-9-7-6-8-10-17)22-13-14(2)18-15(3)23-25-16(18)4/h6-10,14H,5,11-13H2,1-4H3,(H2,20,21,22). The molecule has 0 radical (unpaired) electrons. The normalized spacial score (nSPS) is 12.7. The Labute approximate surface area is 149 Å². The molecule has 136 valence electrons. The highest BCUT2D eigenvalue weighted by Crippen LogP contribution is 2.23. The number of nitrogens with one attached hydrogen (secondary N) is 2. The zero-order valence-electron chi connectivity index (χ0n) is 15.5. The van der Waals surface area contributed by atoms with E-state index in [9.17, 15) is 0 Å². The van der Waals surface area contributed by atoms with Crippen molar-refractivity contribution >= 4 is 5.96 Å². The van der Waals surface area contributed by atoms with Crippen LogP contribution in [0.1, 0.15) is 36.8 Å². The van der Waals surface area contributed by atoms with Gasteiger partial charge in [0.1, 0.15) is 18.1 Å². The molecule has 1 unspecified atom stereocenters. The molecule has 1 heterocycles. The van der Waals surface area contributed by atoms with Gasteiger partial charge in [0.15, 0.2) is 5.96 Å². The highest BCUT2D eigenvalue weighted by molar-refractivity contribution is 5.79. The van der Waals surface area contributed by atoms with Gasteiger partial charge in [-0.3, -0.25) is 4.99 Å². The average Bonchev–Trinajstić information content (AvgIpc) is 2.95. The summed E-state index contributed by atoms with van der Waals surface area (Å²) in [6.07, 6.45) is 0. The van der Waals surface area contributed by atoms with Crippen molar-refractivity contribution in [1.29, 1.82) is 0 Å². The van der Waals surface area contributed by atoms with Gasteiger partial charge >= 0.3 is 0 Å². The first-order valence-corrected chi connectivity index (χ1v) is 8.74. The molecule has 1 atom stereocenters. The van der Waals surface area contributed by atoms with E-state index in [-0.39, 0.29) is 5.92 Å². The van der Waals surface area contributed by atoms with Crippen molar-refractivity contribution in [3.8, 4) is 5.75 Å². The Hall–Kier alpha value is -2.50. The van der Waals surface area contributed by atoms with Crippen molar-refractivity contribution in [2.75, 3.05) is 26.2 Å². The van der Waals surface area contributed by atoms with E-state index < -0.39 is 0 Å². The fourth-order valence-corrected chi connectivity index (χ4v) is 2.71. The molecule has 2 N–H and O–H groups in total. The van der Waals surface area contributed by atoms with Crippen molar-refractivity contribution in [3.63, 3.8) is 0 Å². The SMILES string of the molecule is CCNC(=NCC(C)c1c(C)noc1C)NCCOc1ccccc1. The van der Waals surface area contributed by atoms with Crippen LogP contribution in [0.3, 0.4) is 0 Å². The zero-order valence-corrected chi connectivity index (χ0v) is 15.5. The molecule has 2 rings (SSSR count). The number of guanidine groups is 1. The largest absolute Gasteiger partial charge is 0.492 e. The summed E-state index contributed by atoms with van der Waals surface area (Å²) in [4.78, 5) is 4.67. The lowest BCUT2D eigenvalue weighted by Crippen LogP contribution is -2.39. The Kier molecular flexibility index (Phi) is 7.32. The number of aromatic nitrogens is 1. The van der Waals surface area contributed by atoms with Crippen molar-refractivity contribution in [2.45, 2.75) is 33.6 Å². The van der Waals surface area contributed by atoms with Crippen LogP contribution in [0.15, 0.2) is 39.8 Å². The van der Waals surface area contributed by atoms with E-state index in [2.05, 4.69) is 34.6 Å². The number of aliphatic imine (C=N–C) groups is 1. The van der Waals surface area contributed by atoms with Gasteiger partial charge in [-0.1, -0.05) is 30.3 Å². The molecule has 0 aliphatic carbocycles. The van der Waals surface area contributed by atoms with Gasteiger partial charge in [-0.15, -0.1) is 0 Å². The highest BCUT2D eigenvalue weighted by atomic mass is 16.5. The van der Waals surface area contributed by atoms with Crippen molar-refractivity contribution in [1.82, 2.24) is 15.8 Å². The van der Waals surface area contributed by atoms with E-state index in [1.807, 2.05) is 44.2 Å². The maximum atomic E-state index is 5.68. The Morgan fingerprint density at radius 2 is 2.00 bits per heavy atom. The van der Waals surface area contributed by atoms with Crippen LogP contribution in [0.4, 0.5) is 0 Å². The molecule has 0 aliphatic heterocycles. The summed E-state index contributed by atoms with van der Waals surface area (Å²) in [7, 11) is 0. The predicted octanol–water partition coefficient (Wildman–Crippen LogP) is 3.03. The smallest absolute Gasteiger partial charge is 0.191 e. The quantitative estimate of drug-likeness (QED) is 0.437. The van der Waals surface area contributed by atoms with Gasteiger partial charge in [-0.05, 0) is 32.9 Å². The third-order valence-corrected chi connectivity index (χ3v) is 3.86. The summed E-state index contributed by atoms with van der Waals surface area (Å²) in [5.74, 6) is 2.78. The number of para-hydroxylation sites is 1. The molecule has 0 spiro atoms. The van der Waals surface area contributed by atoms with Crippen LogP contribution in [0.2, 0.25) is 0 Å². The third kappa shape index (κ3) is 5.81. The Morgan fingerprint density at radius 3 is 2.64 bits per heavy atom. The molecule has 0 fully saturated rings. The lowest BCUT2D eigenvalue weighted by molar-refractivity contribution is 0.322. The number of aryl methyl sites for hydroxylation is 2. The topological polar surface area (TPSA) is 71.7 Å². The van der Waals surface area contributed by atoms with Crippen LogP contribution in [0.5, 0.6) is 5.75 Å². The summed E-state index contributed by atoms with van der Waals surface area (Å²) < 4.78 is 10.9. The molecule has 1 aromatic carbocycles. The van der Waals surface area contributed by atoms with E-state index in [0.29, 0.717) is 19.7 Å². The van der Waals surface area contributed by atoms with E-state index in [4.69, 9.17) is 9.26 Å². The van der Waals surface area contributed by atoms with Crippen LogP contribution in [-0.2, 0) is 0 Å². The molecule has 0 bridgehead atoms. The second-order valence-electron chi connectivity index (χ2n) is 5.95. The number of ether oxygens (including phenoxy) is 1. The van der Waals surface area contributed by atoms with Gasteiger partial charge in [0.25, 0.3) is 0 Å². The fraction of sp³-hybridized carbons (Fsp3) is 0.474. The van der Waals surface area contributed by atoms with Crippen LogP contribution in [-0.4, -0.2) is 37.4 Å². The molecule has 0 aliphatic rings. The van der Waals surface area contributed by atoms with Gasteiger partial charge in [0.2, 0.25) is 0 Å². The maximum absolute atomic E-state index is 5.68. The summed E-state index contributed by atoms with van der Waals surface area (Å²) in [5, 5.41) is 10.6. The van der Waals surface area contributed by atoms with Gasteiger partial charge in [0, 0.05) is 24.6 Å². The number of hydrogen-bond donors (Lipinski definition) is 2. The molecule has 0 saturated carbocycles. The Bertz CT molecular complexity index is 648. The predicted molar refractivity (Wildman–Crippen MR) is 100 cm³/mol. The molecule has 0 saturated heterocycles. The fourth-order valence-electron chi connectivity index (χ4n) is 2.71. The molecular formula is C19H28N4O2. The number of nitrogens with zero attached hydrogens (tertiary/aromatic N) is 2. The van der Waals surface area contributed by atoms with Gasteiger partial charge in [-0.25, -0.2) is 0 Å². The molecular weight excluding hydrogens is 316 g/mol. The summed E-state index contributed by atoms with van der Waals surface area (Å²) in [5.41, 5.74) is 2.08. The van der Waals surface area contributed by atoms with Crippen molar-refractivity contribution < 1.29 is 9.26 Å². The maximum Gasteiger partial charge on any atom is 0.191 e. The van der Waals surface area contributed by atoms with Crippen LogP contribution in [0.25, 0.3) is 0 Å². The first-order chi connectivity index (χ1) is 12.1. The number of benzene rings is 1. The number of hydrogen-bond acceptors (Lipinski definition) is 4. The van der Waals surface area contributed by atoms with Gasteiger partial charge < -0.3 is 19.9 Å². The van der Waals surface area contributed by atoms with Crippen LogP contribution in [0, 0.1) is 13.8 Å². The highest BCUT2D eigenvalue weighted by Gasteiger charge is 2.16. The van der Waals surface area contributed by atoms with Crippen LogP contribution >= 0.6 is 0 Å². The molecule has 6 heteroatoms. The zero-order chi connectivity index (χ0) is 18.1. The van der Waals surface area contributed by atoms with Gasteiger partial charge in [0.05, 0.1) is 12.2 Å². The minimum Gasteiger partial charge on any atom is -0.492 e.